The zero-order valence-corrected chi connectivity index (χ0v) is 19.5. The van der Waals surface area contributed by atoms with Crippen LogP contribution in [0.2, 0.25) is 5.02 Å². The highest BCUT2D eigenvalue weighted by Gasteiger charge is 2.41. The van der Waals surface area contributed by atoms with E-state index < -0.39 is 5.66 Å². The van der Waals surface area contributed by atoms with Gasteiger partial charge in [-0.15, -0.1) is 0 Å². The molecule has 1 aliphatic rings. The largest absolute Gasteiger partial charge is 0.307 e. The molecule has 1 heterocycles. The van der Waals surface area contributed by atoms with E-state index in [2.05, 4.69) is 41.0 Å². The van der Waals surface area contributed by atoms with Crippen LogP contribution in [0.1, 0.15) is 42.1 Å². The number of ketones is 1. The van der Waals surface area contributed by atoms with Gasteiger partial charge in [0.25, 0.3) is 0 Å². The fourth-order valence-corrected chi connectivity index (χ4v) is 4.89. The zero-order chi connectivity index (χ0) is 22.6. The minimum atomic E-state index is -0.985. The van der Waals surface area contributed by atoms with Crippen molar-refractivity contribution in [2.24, 2.45) is 5.73 Å². The van der Waals surface area contributed by atoms with Crippen LogP contribution in [-0.4, -0.2) is 47.4 Å². The number of unbranched alkanes of at least 4 members (excludes halogenated alkanes) is 1. The number of rotatable bonds is 8. The summed E-state index contributed by atoms with van der Waals surface area (Å²) in [5.74, 6) is 0.00401. The minimum absolute atomic E-state index is 0.00401. The topological polar surface area (TPSA) is 49.6 Å². The summed E-state index contributed by atoms with van der Waals surface area (Å²) in [5, 5.41) is 2.62. The quantitative estimate of drug-likeness (QED) is 0.471. The predicted molar refractivity (Wildman–Crippen MR) is 133 cm³/mol. The van der Waals surface area contributed by atoms with E-state index in [4.69, 9.17) is 17.3 Å². The lowest BCUT2D eigenvalue weighted by atomic mass is 9.90. The molecule has 0 aliphatic carbocycles. The summed E-state index contributed by atoms with van der Waals surface area (Å²) in [5.41, 5.74) is 7.93. The zero-order valence-electron chi connectivity index (χ0n) is 18.8. The second-order valence-corrected chi connectivity index (χ2v) is 9.19. The molecule has 1 aliphatic heterocycles. The van der Waals surface area contributed by atoms with Gasteiger partial charge in [0.15, 0.2) is 5.78 Å². The summed E-state index contributed by atoms with van der Waals surface area (Å²) in [6.07, 6.45) is 2.59. The van der Waals surface area contributed by atoms with Crippen LogP contribution >= 0.6 is 11.6 Å². The molecular formula is C27H32ClN3O. The molecule has 0 spiro atoms. The summed E-state index contributed by atoms with van der Waals surface area (Å²) in [4.78, 5) is 18.4. The number of piperazine rings is 1. The third-order valence-electron chi connectivity index (χ3n) is 6.58. The van der Waals surface area contributed by atoms with Crippen LogP contribution in [-0.2, 0) is 6.54 Å². The Morgan fingerprint density at radius 1 is 1.00 bits per heavy atom. The van der Waals surface area contributed by atoms with Crippen molar-refractivity contribution in [2.75, 3.05) is 26.2 Å². The van der Waals surface area contributed by atoms with E-state index in [-0.39, 0.29) is 5.78 Å². The average molecular weight is 450 g/mol. The van der Waals surface area contributed by atoms with Gasteiger partial charge >= 0.3 is 0 Å². The van der Waals surface area contributed by atoms with Gasteiger partial charge in [-0.3, -0.25) is 14.6 Å². The number of nitrogens with two attached hydrogens (primary N) is 1. The van der Waals surface area contributed by atoms with Crippen molar-refractivity contribution >= 4 is 28.2 Å². The number of carbonyl (C=O) groups is 1. The van der Waals surface area contributed by atoms with Crippen LogP contribution in [0.5, 0.6) is 0 Å². The summed E-state index contributed by atoms with van der Waals surface area (Å²) >= 11 is 6.32. The molecule has 1 atom stereocenters. The number of carbonyl (C=O) groups excluding carboxylic acids is 1. The van der Waals surface area contributed by atoms with Crippen LogP contribution in [0.15, 0.2) is 66.7 Å². The second kappa shape index (κ2) is 10.1. The van der Waals surface area contributed by atoms with Crippen molar-refractivity contribution < 1.29 is 4.79 Å². The maximum absolute atomic E-state index is 13.8. The molecule has 0 aromatic heterocycles. The molecule has 168 valence electrons. The van der Waals surface area contributed by atoms with Gasteiger partial charge in [-0.05, 0) is 29.5 Å². The number of fused-ring (bicyclic) bond motifs is 1. The van der Waals surface area contributed by atoms with Crippen molar-refractivity contribution in [3.63, 3.8) is 0 Å². The molecule has 1 unspecified atom stereocenters. The highest BCUT2D eigenvalue weighted by atomic mass is 35.5. The normalized spacial score (nSPS) is 17.3. The first kappa shape index (κ1) is 22.9. The number of halogens is 1. The lowest BCUT2D eigenvalue weighted by Crippen LogP contribution is -2.65. The lowest BCUT2D eigenvalue weighted by molar-refractivity contribution is 0.0243. The van der Waals surface area contributed by atoms with Crippen molar-refractivity contribution in [3.8, 4) is 0 Å². The van der Waals surface area contributed by atoms with Gasteiger partial charge < -0.3 is 5.73 Å². The SMILES string of the molecule is CCCCC(N)(C(=O)c1ccc2c(Cl)cccc2c1)N1CCN(Cc2ccccc2)CC1. The summed E-state index contributed by atoms with van der Waals surface area (Å²) in [6.45, 7) is 6.46. The number of hydrogen-bond acceptors (Lipinski definition) is 4. The molecule has 5 heteroatoms. The van der Waals surface area contributed by atoms with Gasteiger partial charge in [-0.25, -0.2) is 0 Å². The third kappa shape index (κ3) is 4.89. The average Bonchev–Trinajstić information content (AvgIpc) is 2.83. The Labute approximate surface area is 196 Å². The summed E-state index contributed by atoms with van der Waals surface area (Å²) in [7, 11) is 0. The van der Waals surface area contributed by atoms with Crippen molar-refractivity contribution in [2.45, 2.75) is 38.4 Å². The minimum Gasteiger partial charge on any atom is -0.307 e. The molecule has 3 aromatic carbocycles. The Kier molecular flexibility index (Phi) is 7.27. The van der Waals surface area contributed by atoms with Crippen molar-refractivity contribution in [1.29, 1.82) is 0 Å². The van der Waals surface area contributed by atoms with Crippen LogP contribution < -0.4 is 5.73 Å². The first-order chi connectivity index (χ1) is 15.5. The molecule has 4 nitrogen and oxygen atoms in total. The number of nitrogens with zero attached hydrogens (tertiary/aromatic N) is 2. The Bertz CT molecular complexity index is 1060. The number of benzene rings is 3. The molecular weight excluding hydrogens is 418 g/mol. The molecule has 32 heavy (non-hydrogen) atoms. The van der Waals surface area contributed by atoms with Gasteiger partial charge in [0.1, 0.15) is 5.66 Å². The molecule has 0 amide bonds. The molecule has 0 saturated carbocycles. The molecule has 3 aromatic rings. The van der Waals surface area contributed by atoms with Gasteiger partial charge in [0.2, 0.25) is 0 Å². The molecule has 2 N–H and O–H groups in total. The van der Waals surface area contributed by atoms with E-state index in [1.165, 1.54) is 5.56 Å². The van der Waals surface area contributed by atoms with Crippen LogP contribution in [0.4, 0.5) is 0 Å². The number of hydrogen-bond donors (Lipinski definition) is 1. The van der Waals surface area contributed by atoms with Gasteiger partial charge in [0.05, 0.1) is 0 Å². The Morgan fingerprint density at radius 2 is 1.75 bits per heavy atom. The second-order valence-electron chi connectivity index (χ2n) is 8.78. The third-order valence-corrected chi connectivity index (χ3v) is 6.91. The van der Waals surface area contributed by atoms with E-state index in [0.717, 1.165) is 56.3 Å². The Hall–Kier alpha value is -2.24. The number of Topliss-reactive ketones (excluding diaryl/α,β-unsaturated/α-hetero) is 1. The van der Waals surface area contributed by atoms with E-state index in [0.29, 0.717) is 17.0 Å². The van der Waals surface area contributed by atoms with Crippen molar-refractivity contribution in [3.05, 3.63) is 82.9 Å². The summed E-state index contributed by atoms with van der Waals surface area (Å²) < 4.78 is 0. The predicted octanol–water partition coefficient (Wildman–Crippen LogP) is 5.34. The van der Waals surface area contributed by atoms with Gasteiger partial charge in [-0.2, -0.15) is 0 Å². The monoisotopic (exact) mass is 449 g/mol. The maximum atomic E-state index is 13.8. The first-order valence-electron chi connectivity index (χ1n) is 11.5. The smallest absolute Gasteiger partial charge is 0.197 e. The lowest BCUT2D eigenvalue weighted by Gasteiger charge is -2.45. The highest BCUT2D eigenvalue weighted by molar-refractivity contribution is 6.35. The Morgan fingerprint density at radius 3 is 2.47 bits per heavy atom. The van der Waals surface area contributed by atoms with E-state index >= 15 is 0 Å². The maximum Gasteiger partial charge on any atom is 0.197 e. The first-order valence-corrected chi connectivity index (χ1v) is 11.9. The van der Waals surface area contributed by atoms with Gasteiger partial charge in [-0.1, -0.05) is 86.0 Å². The molecule has 1 fully saturated rings. The molecule has 0 radical (unpaired) electrons. The van der Waals surface area contributed by atoms with E-state index in [1.54, 1.807) is 0 Å². The van der Waals surface area contributed by atoms with Crippen molar-refractivity contribution in [1.82, 2.24) is 9.80 Å². The van der Waals surface area contributed by atoms with Crippen LogP contribution in [0.25, 0.3) is 10.8 Å². The van der Waals surface area contributed by atoms with Crippen LogP contribution in [0, 0.1) is 0 Å². The van der Waals surface area contributed by atoms with E-state index in [9.17, 15) is 4.79 Å². The molecule has 4 rings (SSSR count). The van der Waals surface area contributed by atoms with E-state index in [1.807, 2.05) is 42.5 Å². The Balaban J connectivity index is 1.52. The van der Waals surface area contributed by atoms with Gasteiger partial charge in [0, 0.05) is 48.7 Å². The molecule has 0 bridgehead atoms. The highest BCUT2D eigenvalue weighted by Crippen LogP contribution is 2.28. The fraction of sp³-hybridized carbons (Fsp3) is 0.370. The standard InChI is InChI=1S/C27H32ClN3O/c1-2-3-14-27(29,26(32)23-12-13-24-22(19-23)10-7-11-25(24)28)31-17-15-30(16-18-31)20-21-8-5-4-6-9-21/h4-13,19H,2-3,14-18,20,29H2,1H3. The molecule has 1 saturated heterocycles. The van der Waals surface area contributed by atoms with Crippen LogP contribution in [0.3, 0.4) is 0 Å². The summed E-state index contributed by atoms with van der Waals surface area (Å²) in [6, 6.07) is 22.0. The fourth-order valence-electron chi connectivity index (χ4n) is 4.64.